The summed E-state index contributed by atoms with van der Waals surface area (Å²) in [6.07, 6.45) is 3.32. The third-order valence-corrected chi connectivity index (χ3v) is 5.04. The van der Waals surface area contributed by atoms with E-state index in [1.54, 1.807) is 30.1 Å². The van der Waals surface area contributed by atoms with Crippen LogP contribution >= 0.6 is 11.8 Å². The number of nitrogens with zero attached hydrogens (tertiary/aromatic N) is 3. The molecule has 1 saturated heterocycles. The van der Waals surface area contributed by atoms with Gasteiger partial charge in [-0.25, -0.2) is 4.79 Å². The van der Waals surface area contributed by atoms with E-state index >= 15 is 0 Å². The number of hydrogen-bond donors (Lipinski definition) is 1. The Morgan fingerprint density at radius 3 is 2.60 bits per heavy atom. The molecule has 3 unspecified atom stereocenters. The van der Waals surface area contributed by atoms with Gasteiger partial charge in [0.2, 0.25) is 5.91 Å². The second-order valence-corrected chi connectivity index (χ2v) is 6.38. The van der Waals surface area contributed by atoms with E-state index in [0.717, 1.165) is 0 Å². The van der Waals surface area contributed by atoms with Crippen LogP contribution in [-0.2, 0) is 9.59 Å². The van der Waals surface area contributed by atoms with Crippen LogP contribution in [0.15, 0.2) is 18.5 Å². The first-order valence-electron chi connectivity index (χ1n) is 6.59. The van der Waals surface area contributed by atoms with Crippen molar-refractivity contribution in [1.82, 2.24) is 14.7 Å². The number of aliphatic carboxylic acids is 1. The van der Waals surface area contributed by atoms with Crippen LogP contribution in [0.5, 0.6) is 0 Å². The molecule has 2 heterocycles. The highest BCUT2D eigenvalue weighted by Crippen LogP contribution is 2.35. The molecule has 0 spiro atoms. The fourth-order valence-corrected chi connectivity index (χ4v) is 3.83. The van der Waals surface area contributed by atoms with E-state index < -0.39 is 18.1 Å². The first-order chi connectivity index (χ1) is 9.43. The lowest BCUT2D eigenvalue weighted by atomic mass is 10.1. The number of carboxylic acid groups (broad SMARTS) is 1. The highest BCUT2D eigenvalue weighted by molar-refractivity contribution is 8.00. The Bertz CT molecular complexity index is 489. The van der Waals surface area contributed by atoms with Crippen molar-refractivity contribution in [3.05, 3.63) is 18.5 Å². The van der Waals surface area contributed by atoms with Crippen molar-refractivity contribution < 1.29 is 14.7 Å². The molecule has 0 aliphatic carbocycles. The molecule has 0 radical (unpaired) electrons. The van der Waals surface area contributed by atoms with E-state index in [2.05, 4.69) is 5.10 Å². The van der Waals surface area contributed by atoms with Gasteiger partial charge in [-0.15, -0.1) is 11.8 Å². The molecule has 0 bridgehead atoms. The monoisotopic (exact) mass is 297 g/mol. The van der Waals surface area contributed by atoms with Gasteiger partial charge in [0.25, 0.3) is 0 Å². The van der Waals surface area contributed by atoms with Crippen LogP contribution in [0.25, 0.3) is 0 Å². The molecule has 1 aromatic rings. The van der Waals surface area contributed by atoms with Gasteiger partial charge < -0.3 is 10.0 Å². The topological polar surface area (TPSA) is 75.4 Å². The molecule has 0 aromatic carbocycles. The zero-order chi connectivity index (χ0) is 14.9. The summed E-state index contributed by atoms with van der Waals surface area (Å²) in [5, 5.41) is 13.3. The number of amides is 1. The SMILES string of the molecule is CC(C)C1SCC(C(=O)O)N1C(=O)C(C)n1cccn1. The molecule has 110 valence electrons. The van der Waals surface area contributed by atoms with Crippen LogP contribution < -0.4 is 0 Å². The van der Waals surface area contributed by atoms with Crippen LogP contribution in [0.1, 0.15) is 26.8 Å². The lowest BCUT2D eigenvalue weighted by Gasteiger charge is -2.31. The maximum absolute atomic E-state index is 12.7. The van der Waals surface area contributed by atoms with Gasteiger partial charge in [0.1, 0.15) is 12.1 Å². The molecule has 1 amide bonds. The van der Waals surface area contributed by atoms with Crippen molar-refractivity contribution in [2.24, 2.45) is 5.92 Å². The third kappa shape index (κ3) is 2.67. The van der Waals surface area contributed by atoms with Gasteiger partial charge in [0.05, 0.1) is 5.37 Å². The molecule has 1 aliphatic rings. The zero-order valence-corrected chi connectivity index (χ0v) is 12.6. The molecule has 0 saturated carbocycles. The number of thioether (sulfide) groups is 1. The van der Waals surface area contributed by atoms with E-state index in [1.165, 1.54) is 16.7 Å². The Morgan fingerprint density at radius 2 is 2.10 bits per heavy atom. The second kappa shape index (κ2) is 5.87. The Balaban J connectivity index is 2.25. The Labute approximate surface area is 122 Å². The van der Waals surface area contributed by atoms with Gasteiger partial charge in [-0.3, -0.25) is 9.48 Å². The lowest BCUT2D eigenvalue weighted by Crippen LogP contribution is -2.49. The number of carboxylic acids is 1. The minimum atomic E-state index is -0.943. The molecule has 2 rings (SSSR count). The van der Waals surface area contributed by atoms with Gasteiger partial charge >= 0.3 is 5.97 Å². The Kier molecular flexibility index (Phi) is 4.37. The summed E-state index contributed by atoms with van der Waals surface area (Å²) in [6, 6.07) is 0.502. The van der Waals surface area contributed by atoms with Crippen molar-refractivity contribution in [1.29, 1.82) is 0 Å². The van der Waals surface area contributed by atoms with Gasteiger partial charge in [0, 0.05) is 18.1 Å². The Morgan fingerprint density at radius 1 is 1.40 bits per heavy atom. The zero-order valence-electron chi connectivity index (χ0n) is 11.8. The van der Waals surface area contributed by atoms with Gasteiger partial charge in [-0.05, 0) is 18.9 Å². The summed E-state index contributed by atoms with van der Waals surface area (Å²) in [4.78, 5) is 25.5. The maximum atomic E-state index is 12.7. The van der Waals surface area contributed by atoms with Crippen LogP contribution in [0.2, 0.25) is 0 Å². The molecule has 1 N–H and O–H groups in total. The predicted octanol–water partition coefficient (Wildman–Crippen LogP) is 1.45. The van der Waals surface area contributed by atoms with Gasteiger partial charge in [-0.2, -0.15) is 5.10 Å². The number of hydrogen-bond acceptors (Lipinski definition) is 4. The van der Waals surface area contributed by atoms with E-state index in [4.69, 9.17) is 0 Å². The minimum absolute atomic E-state index is 0.0957. The molecular weight excluding hydrogens is 278 g/mol. The second-order valence-electron chi connectivity index (χ2n) is 5.23. The fourth-order valence-electron chi connectivity index (χ4n) is 2.35. The maximum Gasteiger partial charge on any atom is 0.327 e. The number of rotatable bonds is 4. The number of aromatic nitrogens is 2. The molecule has 3 atom stereocenters. The average Bonchev–Trinajstić information content (AvgIpc) is 3.05. The summed E-state index contributed by atoms with van der Waals surface area (Å²) >= 11 is 1.53. The summed E-state index contributed by atoms with van der Waals surface area (Å²) in [5.74, 6) is -0.486. The van der Waals surface area contributed by atoms with Crippen molar-refractivity contribution >= 4 is 23.6 Å². The van der Waals surface area contributed by atoms with E-state index in [0.29, 0.717) is 5.75 Å². The van der Waals surface area contributed by atoms with Crippen molar-refractivity contribution in [3.8, 4) is 0 Å². The summed E-state index contributed by atoms with van der Waals surface area (Å²) in [5.41, 5.74) is 0. The smallest absolute Gasteiger partial charge is 0.327 e. The first-order valence-corrected chi connectivity index (χ1v) is 7.64. The van der Waals surface area contributed by atoms with Crippen LogP contribution in [0.3, 0.4) is 0 Å². The van der Waals surface area contributed by atoms with Crippen LogP contribution in [0.4, 0.5) is 0 Å². The predicted molar refractivity (Wildman–Crippen MR) is 76.3 cm³/mol. The normalized spacial score (nSPS) is 24.1. The summed E-state index contributed by atoms with van der Waals surface area (Å²) in [7, 11) is 0. The fraction of sp³-hybridized carbons (Fsp3) is 0.615. The quantitative estimate of drug-likeness (QED) is 0.910. The van der Waals surface area contributed by atoms with Crippen LogP contribution in [-0.4, -0.2) is 48.8 Å². The highest BCUT2D eigenvalue weighted by atomic mass is 32.2. The van der Waals surface area contributed by atoms with Gasteiger partial charge in [-0.1, -0.05) is 13.8 Å². The standard InChI is InChI=1S/C13H19N3O3S/c1-8(2)12-16(10(7-20-12)13(18)19)11(17)9(3)15-6-4-5-14-15/h4-6,8-10,12H,7H2,1-3H3,(H,18,19). The summed E-state index contributed by atoms with van der Waals surface area (Å²) < 4.78 is 1.56. The molecule has 7 heteroatoms. The molecule has 1 aromatic heterocycles. The Hall–Kier alpha value is -1.50. The third-order valence-electron chi connectivity index (χ3n) is 3.42. The first kappa shape index (κ1) is 14.9. The highest BCUT2D eigenvalue weighted by Gasteiger charge is 2.44. The summed E-state index contributed by atoms with van der Waals surface area (Å²) in [6.45, 7) is 5.75. The van der Waals surface area contributed by atoms with Crippen molar-refractivity contribution in [2.45, 2.75) is 38.2 Å². The number of carbonyl (C=O) groups excluding carboxylic acids is 1. The number of carbonyl (C=O) groups is 2. The van der Waals surface area contributed by atoms with Gasteiger partial charge in [0.15, 0.2) is 0 Å². The molecule has 1 fully saturated rings. The molecule has 1 aliphatic heterocycles. The largest absolute Gasteiger partial charge is 0.480 e. The van der Waals surface area contributed by atoms with E-state index in [-0.39, 0.29) is 17.2 Å². The van der Waals surface area contributed by atoms with Crippen molar-refractivity contribution in [2.75, 3.05) is 5.75 Å². The van der Waals surface area contributed by atoms with E-state index in [9.17, 15) is 14.7 Å². The molecule has 6 nitrogen and oxygen atoms in total. The lowest BCUT2D eigenvalue weighted by molar-refractivity contribution is -0.151. The van der Waals surface area contributed by atoms with Crippen molar-refractivity contribution in [3.63, 3.8) is 0 Å². The average molecular weight is 297 g/mol. The molecular formula is C13H19N3O3S. The molecule has 20 heavy (non-hydrogen) atoms. The van der Waals surface area contributed by atoms with E-state index in [1.807, 2.05) is 13.8 Å². The minimum Gasteiger partial charge on any atom is -0.480 e. The van der Waals surface area contributed by atoms with Crippen LogP contribution in [0, 0.1) is 5.92 Å².